The third-order valence-corrected chi connectivity index (χ3v) is 4.13. The van der Waals surface area contributed by atoms with Crippen molar-refractivity contribution in [3.8, 4) is 0 Å². The van der Waals surface area contributed by atoms with E-state index in [0.29, 0.717) is 6.54 Å². The fourth-order valence-electron chi connectivity index (χ4n) is 2.69. The van der Waals surface area contributed by atoms with Crippen LogP contribution in [0.1, 0.15) is 27.9 Å². The number of aryl methyl sites for hydroxylation is 1. The SMILES string of the molecule is Cc1cccc(C(=O)N2CCCN(CCO)CC2)c1C. The maximum absolute atomic E-state index is 12.6. The molecule has 1 aromatic rings. The van der Waals surface area contributed by atoms with Crippen molar-refractivity contribution in [2.24, 2.45) is 0 Å². The Bertz CT molecular complexity index is 474. The Morgan fingerprint density at radius 3 is 2.75 bits per heavy atom. The number of β-amino-alcohol motifs (C(OH)–C–C–N with tert-alkyl or cyclic N) is 1. The summed E-state index contributed by atoms with van der Waals surface area (Å²) in [5.74, 6) is 0.136. The number of hydrogen-bond acceptors (Lipinski definition) is 3. The van der Waals surface area contributed by atoms with Gasteiger partial charge in [-0.2, -0.15) is 0 Å². The summed E-state index contributed by atoms with van der Waals surface area (Å²) in [5.41, 5.74) is 3.06. The van der Waals surface area contributed by atoms with Crippen LogP contribution >= 0.6 is 0 Å². The van der Waals surface area contributed by atoms with Crippen LogP contribution in [0.2, 0.25) is 0 Å². The number of carbonyl (C=O) groups is 1. The second-order valence-corrected chi connectivity index (χ2v) is 5.46. The second-order valence-electron chi connectivity index (χ2n) is 5.46. The van der Waals surface area contributed by atoms with Crippen molar-refractivity contribution in [1.29, 1.82) is 0 Å². The molecule has 1 aliphatic heterocycles. The minimum absolute atomic E-state index is 0.136. The molecular weight excluding hydrogens is 252 g/mol. The molecule has 0 atom stereocenters. The third-order valence-electron chi connectivity index (χ3n) is 4.13. The van der Waals surface area contributed by atoms with E-state index in [9.17, 15) is 4.79 Å². The zero-order chi connectivity index (χ0) is 14.5. The van der Waals surface area contributed by atoms with Crippen molar-refractivity contribution < 1.29 is 9.90 Å². The lowest BCUT2D eigenvalue weighted by molar-refractivity contribution is 0.0759. The van der Waals surface area contributed by atoms with Crippen LogP contribution in [-0.2, 0) is 0 Å². The van der Waals surface area contributed by atoms with Gasteiger partial charge in [0.15, 0.2) is 0 Å². The molecule has 0 aromatic heterocycles. The smallest absolute Gasteiger partial charge is 0.254 e. The quantitative estimate of drug-likeness (QED) is 0.908. The maximum atomic E-state index is 12.6. The van der Waals surface area contributed by atoms with E-state index in [4.69, 9.17) is 5.11 Å². The number of amides is 1. The highest BCUT2D eigenvalue weighted by atomic mass is 16.3. The molecule has 0 saturated carbocycles. The van der Waals surface area contributed by atoms with Gasteiger partial charge in [-0.25, -0.2) is 0 Å². The van der Waals surface area contributed by atoms with Gasteiger partial charge in [-0.1, -0.05) is 12.1 Å². The molecule has 1 aromatic carbocycles. The predicted molar refractivity (Wildman–Crippen MR) is 80.0 cm³/mol. The normalized spacial score (nSPS) is 17.1. The maximum Gasteiger partial charge on any atom is 0.254 e. The highest BCUT2D eigenvalue weighted by Gasteiger charge is 2.21. The first-order valence-corrected chi connectivity index (χ1v) is 7.32. The Kier molecular flexibility index (Phi) is 5.15. The Morgan fingerprint density at radius 2 is 2.00 bits per heavy atom. The topological polar surface area (TPSA) is 43.8 Å². The van der Waals surface area contributed by atoms with Crippen molar-refractivity contribution in [3.63, 3.8) is 0 Å². The van der Waals surface area contributed by atoms with E-state index in [0.717, 1.165) is 49.3 Å². The van der Waals surface area contributed by atoms with Crippen molar-refractivity contribution in [2.45, 2.75) is 20.3 Å². The Morgan fingerprint density at radius 1 is 1.20 bits per heavy atom. The van der Waals surface area contributed by atoms with Crippen LogP contribution in [0.25, 0.3) is 0 Å². The van der Waals surface area contributed by atoms with E-state index in [1.165, 1.54) is 0 Å². The average Bonchev–Trinajstić information content (AvgIpc) is 2.67. The standard InChI is InChI=1S/C16H24N2O2/c1-13-5-3-6-15(14(13)2)16(20)18-8-4-7-17(9-10-18)11-12-19/h3,5-6,19H,4,7-12H2,1-2H3. The lowest BCUT2D eigenvalue weighted by Crippen LogP contribution is -2.36. The summed E-state index contributed by atoms with van der Waals surface area (Å²) in [7, 11) is 0. The fraction of sp³-hybridized carbons (Fsp3) is 0.562. The van der Waals surface area contributed by atoms with Crippen LogP contribution in [-0.4, -0.2) is 60.1 Å². The molecule has 110 valence electrons. The van der Waals surface area contributed by atoms with Gasteiger partial charge in [-0.3, -0.25) is 9.69 Å². The lowest BCUT2D eigenvalue weighted by atomic mass is 10.0. The molecule has 1 N–H and O–H groups in total. The molecule has 4 nitrogen and oxygen atoms in total. The molecule has 2 rings (SSSR count). The predicted octanol–water partition coefficient (Wildman–Crippen LogP) is 1.44. The summed E-state index contributed by atoms with van der Waals surface area (Å²) in [6.07, 6.45) is 0.969. The molecule has 1 saturated heterocycles. The highest BCUT2D eigenvalue weighted by Crippen LogP contribution is 2.16. The van der Waals surface area contributed by atoms with Gasteiger partial charge in [-0.05, 0) is 44.0 Å². The number of carbonyl (C=O) groups excluding carboxylic acids is 1. The molecule has 0 unspecified atom stereocenters. The molecule has 0 spiro atoms. The summed E-state index contributed by atoms with van der Waals surface area (Å²) in [5, 5.41) is 9.01. The molecule has 1 amide bonds. The average molecular weight is 276 g/mol. The van der Waals surface area contributed by atoms with E-state index in [1.807, 2.05) is 36.9 Å². The summed E-state index contributed by atoms with van der Waals surface area (Å²) in [6.45, 7) is 8.28. The van der Waals surface area contributed by atoms with Gasteiger partial charge < -0.3 is 10.0 Å². The second kappa shape index (κ2) is 6.86. The van der Waals surface area contributed by atoms with E-state index in [1.54, 1.807) is 0 Å². The molecule has 1 fully saturated rings. The van der Waals surface area contributed by atoms with Crippen LogP contribution in [0.15, 0.2) is 18.2 Å². The Balaban J connectivity index is 2.07. The minimum Gasteiger partial charge on any atom is -0.395 e. The number of aliphatic hydroxyl groups is 1. The van der Waals surface area contributed by atoms with Crippen LogP contribution in [0.4, 0.5) is 0 Å². The summed E-state index contributed by atoms with van der Waals surface area (Å²) in [4.78, 5) is 16.8. The minimum atomic E-state index is 0.136. The number of hydrogen-bond donors (Lipinski definition) is 1. The van der Waals surface area contributed by atoms with Crippen molar-refractivity contribution in [3.05, 3.63) is 34.9 Å². The molecular formula is C16H24N2O2. The largest absolute Gasteiger partial charge is 0.395 e. The van der Waals surface area contributed by atoms with Gasteiger partial charge in [0.2, 0.25) is 0 Å². The first-order chi connectivity index (χ1) is 9.63. The zero-order valence-electron chi connectivity index (χ0n) is 12.4. The van der Waals surface area contributed by atoms with E-state index in [-0.39, 0.29) is 12.5 Å². The molecule has 20 heavy (non-hydrogen) atoms. The van der Waals surface area contributed by atoms with Gasteiger partial charge in [-0.15, -0.1) is 0 Å². The Labute approximate surface area is 121 Å². The first-order valence-electron chi connectivity index (χ1n) is 7.32. The monoisotopic (exact) mass is 276 g/mol. The molecule has 0 bridgehead atoms. The van der Waals surface area contributed by atoms with Gasteiger partial charge in [0, 0.05) is 31.7 Å². The molecule has 0 aliphatic carbocycles. The van der Waals surface area contributed by atoms with Gasteiger partial charge >= 0.3 is 0 Å². The third kappa shape index (κ3) is 3.38. The lowest BCUT2D eigenvalue weighted by Gasteiger charge is -2.22. The van der Waals surface area contributed by atoms with Crippen molar-refractivity contribution >= 4 is 5.91 Å². The van der Waals surface area contributed by atoms with Gasteiger partial charge in [0.1, 0.15) is 0 Å². The zero-order valence-corrected chi connectivity index (χ0v) is 12.4. The molecule has 1 heterocycles. The molecule has 1 aliphatic rings. The number of aliphatic hydroxyl groups excluding tert-OH is 1. The van der Waals surface area contributed by atoms with E-state index in [2.05, 4.69) is 4.90 Å². The Hall–Kier alpha value is -1.39. The van der Waals surface area contributed by atoms with E-state index >= 15 is 0 Å². The summed E-state index contributed by atoms with van der Waals surface area (Å²) < 4.78 is 0. The van der Waals surface area contributed by atoms with Crippen LogP contribution in [0.3, 0.4) is 0 Å². The van der Waals surface area contributed by atoms with E-state index < -0.39 is 0 Å². The number of rotatable bonds is 3. The number of nitrogens with zero attached hydrogens (tertiary/aromatic N) is 2. The fourth-order valence-corrected chi connectivity index (χ4v) is 2.69. The first kappa shape index (κ1) is 15.0. The van der Waals surface area contributed by atoms with Crippen LogP contribution in [0, 0.1) is 13.8 Å². The van der Waals surface area contributed by atoms with Gasteiger partial charge in [0.05, 0.1) is 6.61 Å². The van der Waals surface area contributed by atoms with Crippen molar-refractivity contribution in [1.82, 2.24) is 9.80 Å². The van der Waals surface area contributed by atoms with Gasteiger partial charge in [0.25, 0.3) is 5.91 Å². The summed E-state index contributed by atoms with van der Waals surface area (Å²) >= 11 is 0. The molecule has 4 heteroatoms. The van der Waals surface area contributed by atoms with Crippen molar-refractivity contribution in [2.75, 3.05) is 39.3 Å². The van der Waals surface area contributed by atoms with Crippen LogP contribution in [0.5, 0.6) is 0 Å². The summed E-state index contributed by atoms with van der Waals surface area (Å²) in [6, 6.07) is 5.91. The molecule has 0 radical (unpaired) electrons. The van der Waals surface area contributed by atoms with Crippen LogP contribution < -0.4 is 0 Å². The number of benzene rings is 1. The highest BCUT2D eigenvalue weighted by molar-refractivity contribution is 5.96.